The molecule has 0 aromatic heterocycles. The highest BCUT2D eigenvalue weighted by Crippen LogP contribution is 2.21. The number of likely N-dealkylation sites (tertiary alicyclic amines) is 1. The maximum absolute atomic E-state index is 12.0. The molecule has 0 aromatic carbocycles. The number of aliphatic carboxylic acids is 1. The first-order chi connectivity index (χ1) is 9.10. The molecular formula is C13H22N2O5. The lowest BCUT2D eigenvalue weighted by Gasteiger charge is -2.37. The number of amides is 2. The van der Waals surface area contributed by atoms with Gasteiger partial charge in [-0.15, -0.1) is 0 Å². The first kappa shape index (κ1) is 16.3. The van der Waals surface area contributed by atoms with E-state index in [0.29, 0.717) is 6.42 Å². The van der Waals surface area contributed by atoms with Crippen molar-refractivity contribution in [3.63, 3.8) is 0 Å². The molecule has 1 heterocycles. The zero-order valence-corrected chi connectivity index (χ0v) is 12.3. The number of hydrogen-bond acceptors (Lipinski definition) is 4. The average molecular weight is 286 g/mol. The van der Waals surface area contributed by atoms with Gasteiger partial charge in [-0.2, -0.15) is 0 Å². The molecule has 1 aliphatic heterocycles. The maximum Gasteiger partial charge on any atom is 0.411 e. The molecule has 7 nitrogen and oxygen atoms in total. The van der Waals surface area contributed by atoms with Crippen LogP contribution in [-0.4, -0.2) is 52.2 Å². The maximum atomic E-state index is 12.0. The Balaban J connectivity index is 2.75. The standard InChI is InChI=1S/C13H22N2O5/c1-8(16)14-9-5-6-15(10(7-9)11(17)18)12(19)20-13(2,3)4/h9-10H,5-7H2,1-4H3,(H,14,16)(H,17,18)/t9-,10-/m1/s1. The number of nitrogens with zero attached hydrogens (tertiary/aromatic N) is 1. The second-order valence-electron chi connectivity index (χ2n) is 5.95. The van der Waals surface area contributed by atoms with Crippen molar-refractivity contribution in [2.75, 3.05) is 6.54 Å². The number of rotatable bonds is 2. The third-order valence-electron chi connectivity index (χ3n) is 2.92. The third kappa shape index (κ3) is 4.71. The van der Waals surface area contributed by atoms with E-state index >= 15 is 0 Å². The molecule has 7 heteroatoms. The van der Waals surface area contributed by atoms with Crippen LogP contribution in [0.5, 0.6) is 0 Å². The van der Waals surface area contributed by atoms with Crippen LogP contribution in [0.4, 0.5) is 4.79 Å². The number of carboxylic acid groups (broad SMARTS) is 1. The van der Waals surface area contributed by atoms with Gasteiger partial charge in [0.2, 0.25) is 5.91 Å². The van der Waals surface area contributed by atoms with E-state index in [1.54, 1.807) is 20.8 Å². The first-order valence-corrected chi connectivity index (χ1v) is 6.59. The van der Waals surface area contributed by atoms with Crippen LogP contribution in [0.25, 0.3) is 0 Å². The predicted molar refractivity (Wildman–Crippen MR) is 71.2 cm³/mol. The van der Waals surface area contributed by atoms with E-state index in [0.717, 1.165) is 0 Å². The van der Waals surface area contributed by atoms with Gasteiger partial charge in [0.15, 0.2) is 0 Å². The molecule has 114 valence electrons. The van der Waals surface area contributed by atoms with E-state index < -0.39 is 23.7 Å². The molecule has 2 N–H and O–H groups in total. The lowest BCUT2D eigenvalue weighted by molar-refractivity contribution is -0.145. The quantitative estimate of drug-likeness (QED) is 0.788. The molecule has 1 fully saturated rings. The minimum atomic E-state index is -1.09. The van der Waals surface area contributed by atoms with Gasteiger partial charge in [0.25, 0.3) is 0 Å². The molecule has 20 heavy (non-hydrogen) atoms. The molecule has 1 saturated heterocycles. The molecule has 0 unspecified atom stereocenters. The Morgan fingerprint density at radius 3 is 2.35 bits per heavy atom. The minimum absolute atomic E-state index is 0.189. The van der Waals surface area contributed by atoms with Crippen LogP contribution in [0.3, 0.4) is 0 Å². The predicted octanol–water partition coefficient (Wildman–Crippen LogP) is 0.975. The van der Waals surface area contributed by atoms with E-state index in [9.17, 15) is 19.5 Å². The van der Waals surface area contributed by atoms with Gasteiger partial charge in [0.1, 0.15) is 11.6 Å². The van der Waals surface area contributed by atoms with Gasteiger partial charge < -0.3 is 15.2 Å². The van der Waals surface area contributed by atoms with Crippen molar-refractivity contribution in [3.05, 3.63) is 0 Å². The van der Waals surface area contributed by atoms with E-state index in [4.69, 9.17) is 4.74 Å². The van der Waals surface area contributed by atoms with Gasteiger partial charge >= 0.3 is 12.1 Å². The summed E-state index contributed by atoms with van der Waals surface area (Å²) in [6, 6.07) is -1.21. The SMILES string of the molecule is CC(=O)N[C@@H]1CCN(C(=O)OC(C)(C)C)[C@@H](C(=O)O)C1. The average Bonchev–Trinajstić information content (AvgIpc) is 2.25. The van der Waals surface area contributed by atoms with Crippen molar-refractivity contribution in [3.8, 4) is 0 Å². The number of nitrogens with one attached hydrogen (secondary N) is 1. The molecule has 0 spiro atoms. The van der Waals surface area contributed by atoms with Crippen LogP contribution >= 0.6 is 0 Å². The van der Waals surface area contributed by atoms with Gasteiger partial charge in [-0.1, -0.05) is 0 Å². The van der Waals surface area contributed by atoms with Gasteiger partial charge in [-0.3, -0.25) is 9.69 Å². The normalized spacial score (nSPS) is 23.1. The fourth-order valence-corrected chi connectivity index (χ4v) is 2.16. The fourth-order valence-electron chi connectivity index (χ4n) is 2.16. The summed E-state index contributed by atoms with van der Waals surface area (Å²) in [5.74, 6) is -1.30. The van der Waals surface area contributed by atoms with Gasteiger partial charge in [-0.05, 0) is 33.6 Å². The summed E-state index contributed by atoms with van der Waals surface area (Å²) in [7, 11) is 0. The lowest BCUT2D eigenvalue weighted by Crippen LogP contribution is -2.55. The summed E-state index contributed by atoms with van der Waals surface area (Å²) in [5, 5.41) is 11.9. The Bertz CT molecular complexity index is 402. The second-order valence-corrected chi connectivity index (χ2v) is 5.95. The summed E-state index contributed by atoms with van der Waals surface area (Å²) in [6.07, 6.45) is 0.0719. The molecule has 0 aromatic rings. The van der Waals surface area contributed by atoms with E-state index in [-0.39, 0.29) is 24.9 Å². The number of ether oxygens (including phenoxy) is 1. The zero-order chi connectivity index (χ0) is 15.5. The van der Waals surface area contributed by atoms with E-state index in [1.807, 2.05) is 0 Å². The number of carbonyl (C=O) groups is 3. The highest BCUT2D eigenvalue weighted by molar-refractivity contribution is 5.81. The van der Waals surface area contributed by atoms with Gasteiger partial charge in [-0.25, -0.2) is 9.59 Å². The van der Waals surface area contributed by atoms with E-state index in [1.165, 1.54) is 11.8 Å². The molecular weight excluding hydrogens is 264 g/mol. The summed E-state index contributed by atoms with van der Waals surface area (Å²) < 4.78 is 5.21. The van der Waals surface area contributed by atoms with Crippen LogP contribution in [0.2, 0.25) is 0 Å². The molecule has 0 bridgehead atoms. The van der Waals surface area contributed by atoms with Crippen molar-refractivity contribution in [1.29, 1.82) is 0 Å². The largest absolute Gasteiger partial charge is 0.480 e. The molecule has 0 aliphatic carbocycles. The van der Waals surface area contributed by atoms with Crippen LogP contribution in [0, 0.1) is 0 Å². The highest BCUT2D eigenvalue weighted by Gasteiger charge is 2.38. The van der Waals surface area contributed by atoms with Crippen molar-refractivity contribution in [2.45, 2.75) is 58.2 Å². The smallest absolute Gasteiger partial charge is 0.411 e. The second kappa shape index (κ2) is 6.11. The fraction of sp³-hybridized carbons (Fsp3) is 0.769. The van der Waals surface area contributed by atoms with Crippen molar-refractivity contribution in [2.24, 2.45) is 0 Å². The Hall–Kier alpha value is -1.79. The zero-order valence-electron chi connectivity index (χ0n) is 12.3. The number of carbonyl (C=O) groups excluding carboxylic acids is 2. The molecule has 1 aliphatic rings. The minimum Gasteiger partial charge on any atom is -0.480 e. The molecule has 2 atom stereocenters. The first-order valence-electron chi connectivity index (χ1n) is 6.59. The van der Waals surface area contributed by atoms with Crippen LogP contribution < -0.4 is 5.32 Å². The van der Waals surface area contributed by atoms with E-state index in [2.05, 4.69) is 5.32 Å². The summed E-state index contributed by atoms with van der Waals surface area (Å²) in [4.78, 5) is 35.6. The molecule has 2 amide bonds. The van der Waals surface area contributed by atoms with Crippen molar-refractivity contribution in [1.82, 2.24) is 10.2 Å². The van der Waals surface area contributed by atoms with Crippen molar-refractivity contribution >= 4 is 18.0 Å². The number of hydrogen-bond donors (Lipinski definition) is 2. The Morgan fingerprint density at radius 2 is 1.90 bits per heavy atom. The van der Waals surface area contributed by atoms with Crippen LogP contribution in [-0.2, 0) is 14.3 Å². The third-order valence-corrected chi connectivity index (χ3v) is 2.92. The molecule has 0 saturated carbocycles. The molecule has 1 rings (SSSR count). The molecule has 0 radical (unpaired) electrons. The monoisotopic (exact) mass is 286 g/mol. The lowest BCUT2D eigenvalue weighted by atomic mass is 9.97. The number of carboxylic acids is 1. The van der Waals surface area contributed by atoms with Crippen LogP contribution in [0.1, 0.15) is 40.5 Å². The van der Waals surface area contributed by atoms with Crippen molar-refractivity contribution < 1.29 is 24.2 Å². The Morgan fingerprint density at radius 1 is 1.30 bits per heavy atom. The summed E-state index contributed by atoms with van der Waals surface area (Å²) in [5.41, 5.74) is -0.672. The van der Waals surface area contributed by atoms with Gasteiger partial charge in [0, 0.05) is 19.5 Å². The highest BCUT2D eigenvalue weighted by atomic mass is 16.6. The van der Waals surface area contributed by atoms with Gasteiger partial charge in [0.05, 0.1) is 0 Å². The Labute approximate surface area is 118 Å². The topological polar surface area (TPSA) is 95.9 Å². The summed E-state index contributed by atoms with van der Waals surface area (Å²) >= 11 is 0. The Kier molecular flexibility index (Phi) is 4.97. The summed E-state index contributed by atoms with van der Waals surface area (Å²) in [6.45, 7) is 6.81. The van der Waals surface area contributed by atoms with Crippen LogP contribution in [0.15, 0.2) is 0 Å². The number of piperidine rings is 1.